The molecule has 1 atom stereocenters. The average Bonchev–Trinajstić information content (AvgIpc) is 3.05. The van der Waals surface area contributed by atoms with Crippen LogP contribution in [-0.2, 0) is 0 Å². The Morgan fingerprint density at radius 3 is 2.78 bits per heavy atom. The van der Waals surface area contributed by atoms with Gasteiger partial charge in [-0.3, -0.25) is 4.99 Å². The molecule has 1 aromatic heterocycles. The molecule has 86 valence electrons. The largest absolute Gasteiger partial charge is 0.252 e. The molecule has 1 aromatic carbocycles. The molecular weight excluding hydrogens is 226 g/mol. The molecule has 0 radical (unpaired) electrons. The van der Waals surface area contributed by atoms with Gasteiger partial charge in [-0.1, -0.05) is 40.6 Å². The third-order valence-electron chi connectivity index (χ3n) is 3.21. The molecule has 18 heavy (non-hydrogen) atoms. The number of aliphatic imine (C=N–C) groups is 1. The van der Waals surface area contributed by atoms with Crippen LogP contribution in [0.1, 0.15) is 22.9 Å². The fourth-order valence-electron chi connectivity index (χ4n) is 2.32. The van der Waals surface area contributed by atoms with Crippen LogP contribution in [0, 0.1) is 0 Å². The first kappa shape index (κ1) is 9.53. The van der Waals surface area contributed by atoms with Crippen molar-refractivity contribution in [2.75, 3.05) is 0 Å². The molecule has 0 N–H and O–H groups in total. The van der Waals surface area contributed by atoms with Crippen LogP contribution in [0.25, 0.3) is 11.8 Å². The lowest BCUT2D eigenvalue weighted by Gasteiger charge is -2.08. The fraction of sp³-hybridized carbons (Fsp3) is 0.0714. The number of benzene rings is 1. The highest BCUT2D eigenvalue weighted by molar-refractivity contribution is 6.11. The molecule has 0 saturated carbocycles. The second kappa shape index (κ2) is 3.50. The smallest absolute Gasteiger partial charge is 0.132 e. The average molecular weight is 235 g/mol. The van der Waals surface area contributed by atoms with Gasteiger partial charge in [-0.25, -0.2) is 4.63 Å². The normalized spacial score (nSPS) is 20.1. The lowest BCUT2D eigenvalue weighted by molar-refractivity contribution is 0.303. The zero-order valence-corrected chi connectivity index (χ0v) is 9.45. The summed E-state index contributed by atoms with van der Waals surface area (Å²) in [6.07, 6.45) is 5.98. The molecule has 0 saturated heterocycles. The molecule has 0 spiro atoms. The van der Waals surface area contributed by atoms with Crippen LogP contribution < -0.4 is 0 Å². The molecule has 0 bridgehead atoms. The summed E-state index contributed by atoms with van der Waals surface area (Å²) in [5, 5.41) is 7.82. The Bertz CT molecular complexity index is 695. The Morgan fingerprint density at radius 2 is 1.89 bits per heavy atom. The highest BCUT2D eigenvalue weighted by Gasteiger charge is 2.29. The van der Waals surface area contributed by atoms with Crippen molar-refractivity contribution >= 4 is 17.5 Å². The van der Waals surface area contributed by atoms with Crippen LogP contribution in [0.2, 0.25) is 0 Å². The van der Waals surface area contributed by atoms with Gasteiger partial charge in [0.15, 0.2) is 0 Å². The van der Waals surface area contributed by atoms with Gasteiger partial charge in [0.1, 0.15) is 11.4 Å². The minimum Gasteiger partial charge on any atom is -0.252 e. The van der Waals surface area contributed by atoms with Crippen molar-refractivity contribution < 1.29 is 4.63 Å². The van der Waals surface area contributed by atoms with E-state index in [9.17, 15) is 0 Å². The topological polar surface area (TPSA) is 51.3 Å². The molecule has 4 rings (SSSR count). The lowest BCUT2D eigenvalue weighted by Crippen LogP contribution is -2.09. The van der Waals surface area contributed by atoms with Gasteiger partial charge in [0, 0.05) is 0 Å². The van der Waals surface area contributed by atoms with Gasteiger partial charge in [-0.2, -0.15) is 0 Å². The van der Waals surface area contributed by atoms with Gasteiger partial charge in [-0.05, 0) is 23.8 Å². The summed E-state index contributed by atoms with van der Waals surface area (Å²) in [4.78, 5) is 4.64. The maximum absolute atomic E-state index is 4.78. The number of nitrogens with zero attached hydrogens (tertiary/aromatic N) is 3. The van der Waals surface area contributed by atoms with Crippen LogP contribution in [0.4, 0.5) is 0 Å². The molecule has 1 aliphatic carbocycles. The molecule has 4 heteroatoms. The van der Waals surface area contributed by atoms with E-state index in [-0.39, 0.29) is 5.92 Å². The Kier molecular flexibility index (Phi) is 1.85. The first-order valence-electron chi connectivity index (χ1n) is 5.78. The van der Waals surface area contributed by atoms with Gasteiger partial charge in [0.2, 0.25) is 0 Å². The molecule has 2 aromatic rings. The van der Waals surface area contributed by atoms with E-state index in [4.69, 9.17) is 4.63 Å². The van der Waals surface area contributed by atoms with Gasteiger partial charge in [0.05, 0.1) is 17.3 Å². The standard InChI is InChI=1S/C14H9N3O/c1-2-4-9(5-3-1)13-8-10-11(15-13)6-7-12-14(10)17-18-16-12/h1-8,10H/t10-/m1/s1. The van der Waals surface area contributed by atoms with Crippen LogP contribution in [0.3, 0.4) is 0 Å². The monoisotopic (exact) mass is 235 g/mol. The number of fused-ring (bicyclic) bond motifs is 3. The highest BCUT2D eigenvalue weighted by Crippen LogP contribution is 2.35. The molecule has 2 aliphatic rings. The van der Waals surface area contributed by atoms with Crippen molar-refractivity contribution in [2.24, 2.45) is 4.99 Å². The van der Waals surface area contributed by atoms with E-state index in [0.717, 1.165) is 28.4 Å². The van der Waals surface area contributed by atoms with E-state index in [2.05, 4.69) is 33.5 Å². The molecule has 0 unspecified atom stereocenters. The summed E-state index contributed by atoms with van der Waals surface area (Å²) < 4.78 is 4.78. The SMILES string of the molecule is C1=Cc2nonc2[C@@H]2C=C(c3ccccc3)N=C12. The van der Waals surface area contributed by atoms with E-state index < -0.39 is 0 Å². The predicted octanol–water partition coefficient (Wildman–Crippen LogP) is 2.68. The van der Waals surface area contributed by atoms with Crippen LogP contribution >= 0.6 is 0 Å². The predicted molar refractivity (Wildman–Crippen MR) is 67.9 cm³/mol. The van der Waals surface area contributed by atoms with Crippen molar-refractivity contribution in [3.63, 3.8) is 0 Å². The number of rotatable bonds is 1. The summed E-state index contributed by atoms with van der Waals surface area (Å²) >= 11 is 0. The van der Waals surface area contributed by atoms with E-state index in [0.29, 0.717) is 0 Å². The Labute approximate surface area is 103 Å². The second-order valence-electron chi connectivity index (χ2n) is 4.30. The number of aromatic nitrogens is 2. The molecule has 1 aliphatic heterocycles. The molecule has 4 nitrogen and oxygen atoms in total. The van der Waals surface area contributed by atoms with Crippen molar-refractivity contribution in [3.8, 4) is 0 Å². The van der Waals surface area contributed by atoms with Crippen LogP contribution in [0.5, 0.6) is 0 Å². The van der Waals surface area contributed by atoms with Gasteiger partial charge in [0.25, 0.3) is 0 Å². The van der Waals surface area contributed by atoms with Crippen LogP contribution in [0.15, 0.2) is 52.1 Å². The third kappa shape index (κ3) is 1.29. The van der Waals surface area contributed by atoms with Gasteiger partial charge in [-0.15, -0.1) is 0 Å². The Morgan fingerprint density at radius 1 is 1.00 bits per heavy atom. The van der Waals surface area contributed by atoms with E-state index in [1.165, 1.54) is 0 Å². The van der Waals surface area contributed by atoms with Crippen molar-refractivity contribution in [1.82, 2.24) is 10.3 Å². The minimum atomic E-state index is 0.0754. The zero-order valence-electron chi connectivity index (χ0n) is 9.45. The summed E-state index contributed by atoms with van der Waals surface area (Å²) in [5.74, 6) is 0.0754. The van der Waals surface area contributed by atoms with Crippen molar-refractivity contribution in [1.29, 1.82) is 0 Å². The summed E-state index contributed by atoms with van der Waals surface area (Å²) in [6.45, 7) is 0. The fourth-order valence-corrected chi connectivity index (χ4v) is 2.32. The summed E-state index contributed by atoms with van der Waals surface area (Å²) in [6, 6.07) is 10.1. The van der Waals surface area contributed by atoms with Crippen molar-refractivity contribution in [3.05, 3.63) is 59.4 Å². The van der Waals surface area contributed by atoms with Gasteiger partial charge >= 0.3 is 0 Å². The van der Waals surface area contributed by atoms with E-state index in [1.54, 1.807) is 0 Å². The molecule has 2 heterocycles. The van der Waals surface area contributed by atoms with Crippen LogP contribution in [-0.4, -0.2) is 16.0 Å². The second-order valence-corrected chi connectivity index (χ2v) is 4.30. The highest BCUT2D eigenvalue weighted by atomic mass is 16.6. The lowest BCUT2D eigenvalue weighted by atomic mass is 9.93. The molecule has 0 amide bonds. The number of hydrogen-bond donors (Lipinski definition) is 0. The minimum absolute atomic E-state index is 0.0754. The Balaban J connectivity index is 1.82. The number of allylic oxidation sites excluding steroid dienone is 2. The number of hydrogen-bond acceptors (Lipinski definition) is 4. The van der Waals surface area contributed by atoms with Crippen molar-refractivity contribution in [2.45, 2.75) is 5.92 Å². The van der Waals surface area contributed by atoms with E-state index in [1.807, 2.05) is 30.4 Å². The summed E-state index contributed by atoms with van der Waals surface area (Å²) in [5.41, 5.74) is 4.74. The molecule has 0 fully saturated rings. The zero-order chi connectivity index (χ0) is 11.9. The maximum atomic E-state index is 4.78. The first-order chi connectivity index (χ1) is 8.92. The quantitative estimate of drug-likeness (QED) is 0.763. The third-order valence-corrected chi connectivity index (χ3v) is 3.21. The summed E-state index contributed by atoms with van der Waals surface area (Å²) in [7, 11) is 0. The maximum Gasteiger partial charge on any atom is 0.132 e. The van der Waals surface area contributed by atoms with Gasteiger partial charge < -0.3 is 0 Å². The molecular formula is C14H9N3O. The Hall–Kier alpha value is -2.49. The first-order valence-corrected chi connectivity index (χ1v) is 5.78. The van der Waals surface area contributed by atoms with E-state index >= 15 is 0 Å².